The van der Waals surface area contributed by atoms with Crippen molar-refractivity contribution in [2.45, 2.75) is 44.3 Å². The standard InChI is InChI=1S/C20H35NO8S/c1-17(22)4-5-19(23)28-15-13-26-11-9-25-10-12-27-14-16-29-20(24)21-7-2-3-18(30)6-8-21/h18,30H,2-16H2,1H3. The van der Waals surface area contributed by atoms with Gasteiger partial charge in [-0.3, -0.25) is 4.79 Å². The summed E-state index contributed by atoms with van der Waals surface area (Å²) in [4.78, 5) is 35.7. The van der Waals surface area contributed by atoms with Gasteiger partial charge in [-0.15, -0.1) is 0 Å². The fraction of sp³-hybridized carbons (Fsp3) is 0.850. The zero-order chi connectivity index (χ0) is 22.0. The summed E-state index contributed by atoms with van der Waals surface area (Å²) in [6.45, 7) is 5.41. The zero-order valence-corrected chi connectivity index (χ0v) is 18.7. The molecule has 0 aromatic heterocycles. The minimum Gasteiger partial charge on any atom is -0.463 e. The van der Waals surface area contributed by atoms with Gasteiger partial charge in [-0.25, -0.2) is 4.79 Å². The van der Waals surface area contributed by atoms with E-state index >= 15 is 0 Å². The van der Waals surface area contributed by atoms with Crippen LogP contribution in [0.25, 0.3) is 0 Å². The number of likely N-dealkylation sites (tertiary alicyclic amines) is 1. The first-order chi connectivity index (χ1) is 14.5. The molecule has 9 nitrogen and oxygen atoms in total. The molecule has 0 spiro atoms. The average Bonchev–Trinajstić information content (AvgIpc) is 2.94. The molecule has 0 N–H and O–H groups in total. The minimum atomic E-state index is -0.398. The predicted octanol–water partition coefficient (Wildman–Crippen LogP) is 1.87. The molecule has 0 aliphatic carbocycles. The lowest BCUT2D eigenvalue weighted by atomic mass is 10.2. The van der Waals surface area contributed by atoms with E-state index in [0.717, 1.165) is 25.8 Å². The van der Waals surface area contributed by atoms with Gasteiger partial charge < -0.3 is 33.4 Å². The van der Waals surface area contributed by atoms with Crippen molar-refractivity contribution in [3.05, 3.63) is 0 Å². The average molecular weight is 450 g/mol. The van der Waals surface area contributed by atoms with Crippen molar-refractivity contribution < 1.29 is 38.1 Å². The van der Waals surface area contributed by atoms with Gasteiger partial charge in [-0.1, -0.05) is 0 Å². The zero-order valence-electron chi connectivity index (χ0n) is 17.8. The summed E-state index contributed by atoms with van der Waals surface area (Å²) in [6.07, 6.45) is 2.88. The van der Waals surface area contributed by atoms with Gasteiger partial charge in [-0.2, -0.15) is 12.6 Å². The van der Waals surface area contributed by atoms with Crippen molar-refractivity contribution in [1.29, 1.82) is 0 Å². The van der Waals surface area contributed by atoms with E-state index in [9.17, 15) is 14.4 Å². The Labute approximate surface area is 184 Å². The van der Waals surface area contributed by atoms with Crippen LogP contribution in [0.3, 0.4) is 0 Å². The van der Waals surface area contributed by atoms with Crippen molar-refractivity contribution in [2.24, 2.45) is 0 Å². The van der Waals surface area contributed by atoms with Crippen LogP contribution < -0.4 is 0 Å². The van der Waals surface area contributed by atoms with Crippen molar-refractivity contribution in [2.75, 3.05) is 65.9 Å². The molecular weight excluding hydrogens is 414 g/mol. The third-order valence-electron chi connectivity index (χ3n) is 4.32. The molecule has 1 rings (SSSR count). The predicted molar refractivity (Wildman–Crippen MR) is 113 cm³/mol. The second kappa shape index (κ2) is 17.3. The van der Waals surface area contributed by atoms with Crippen LogP contribution in [0.15, 0.2) is 0 Å². The minimum absolute atomic E-state index is 0.0367. The highest BCUT2D eigenvalue weighted by Crippen LogP contribution is 2.16. The molecule has 1 unspecified atom stereocenters. The fourth-order valence-electron chi connectivity index (χ4n) is 2.65. The highest BCUT2D eigenvalue weighted by atomic mass is 32.1. The van der Waals surface area contributed by atoms with Gasteiger partial charge in [-0.05, 0) is 26.2 Å². The number of nitrogens with zero attached hydrogens (tertiary/aromatic N) is 1. The molecule has 0 radical (unpaired) electrons. The molecule has 0 bridgehead atoms. The molecule has 1 aliphatic rings. The Hall–Kier alpha value is -1.36. The van der Waals surface area contributed by atoms with Crippen LogP contribution in [0.2, 0.25) is 0 Å². The Morgan fingerprint density at radius 3 is 1.97 bits per heavy atom. The van der Waals surface area contributed by atoms with Gasteiger partial charge in [0.25, 0.3) is 0 Å². The Morgan fingerprint density at radius 2 is 1.37 bits per heavy atom. The summed E-state index contributed by atoms with van der Waals surface area (Å²) in [6, 6.07) is 0. The van der Waals surface area contributed by atoms with E-state index in [4.69, 9.17) is 23.7 Å². The summed E-state index contributed by atoms with van der Waals surface area (Å²) in [5.41, 5.74) is 0. The van der Waals surface area contributed by atoms with Gasteiger partial charge >= 0.3 is 12.1 Å². The summed E-state index contributed by atoms with van der Waals surface area (Å²) in [7, 11) is 0. The van der Waals surface area contributed by atoms with Gasteiger partial charge in [0.2, 0.25) is 0 Å². The maximum atomic E-state index is 12.0. The van der Waals surface area contributed by atoms with E-state index in [1.165, 1.54) is 6.92 Å². The van der Waals surface area contributed by atoms with Crippen LogP contribution in [0.4, 0.5) is 4.79 Å². The number of hydrogen-bond acceptors (Lipinski definition) is 9. The lowest BCUT2D eigenvalue weighted by molar-refractivity contribution is -0.146. The van der Waals surface area contributed by atoms with Crippen molar-refractivity contribution in [3.8, 4) is 0 Å². The Bertz CT molecular complexity index is 505. The lowest BCUT2D eigenvalue weighted by Crippen LogP contribution is -2.33. The highest BCUT2D eigenvalue weighted by molar-refractivity contribution is 7.80. The molecule has 1 saturated heterocycles. The molecule has 1 atom stereocenters. The number of rotatable bonds is 15. The second-order valence-corrected chi connectivity index (χ2v) is 7.68. The SMILES string of the molecule is CC(=O)CCC(=O)OCCOCCOCCOCCOC(=O)N1CCCC(S)CC1. The van der Waals surface area contributed by atoms with Crippen molar-refractivity contribution in [3.63, 3.8) is 0 Å². The largest absolute Gasteiger partial charge is 0.463 e. The lowest BCUT2D eigenvalue weighted by Gasteiger charge is -2.19. The summed E-state index contributed by atoms with van der Waals surface area (Å²) in [5, 5.41) is 0.359. The second-order valence-electron chi connectivity index (χ2n) is 6.95. The number of ketones is 1. The molecule has 10 heteroatoms. The summed E-state index contributed by atoms with van der Waals surface area (Å²) in [5.74, 6) is -0.434. The molecule has 174 valence electrons. The molecular formula is C20H35NO8S. The number of amides is 1. The molecule has 1 heterocycles. The van der Waals surface area contributed by atoms with Crippen LogP contribution in [-0.2, 0) is 33.3 Å². The molecule has 30 heavy (non-hydrogen) atoms. The quantitative estimate of drug-likeness (QED) is 0.230. The fourth-order valence-corrected chi connectivity index (χ4v) is 2.95. The number of esters is 1. The number of carbonyl (C=O) groups excluding carboxylic acids is 3. The number of carbonyl (C=O) groups is 3. The van der Waals surface area contributed by atoms with Crippen LogP contribution >= 0.6 is 12.6 Å². The molecule has 0 aromatic carbocycles. The number of Topliss-reactive ketones (excluding diaryl/α,β-unsaturated/α-hetero) is 1. The number of thiol groups is 1. The van der Waals surface area contributed by atoms with E-state index in [2.05, 4.69) is 12.6 Å². The first kappa shape index (κ1) is 26.7. The topological polar surface area (TPSA) is 101 Å². The first-order valence-corrected chi connectivity index (χ1v) is 11.0. The van der Waals surface area contributed by atoms with Crippen molar-refractivity contribution >= 4 is 30.5 Å². The van der Waals surface area contributed by atoms with E-state index in [0.29, 0.717) is 44.8 Å². The maximum absolute atomic E-state index is 12.0. The van der Waals surface area contributed by atoms with Gasteiger partial charge in [0.1, 0.15) is 19.0 Å². The van der Waals surface area contributed by atoms with Gasteiger partial charge in [0.05, 0.1) is 46.1 Å². The number of ether oxygens (including phenoxy) is 5. The molecule has 0 saturated carbocycles. The molecule has 1 amide bonds. The normalized spacial score (nSPS) is 16.7. The first-order valence-electron chi connectivity index (χ1n) is 10.5. The highest BCUT2D eigenvalue weighted by Gasteiger charge is 2.19. The third-order valence-corrected chi connectivity index (χ3v) is 4.84. The van der Waals surface area contributed by atoms with Crippen molar-refractivity contribution in [1.82, 2.24) is 4.90 Å². The maximum Gasteiger partial charge on any atom is 0.409 e. The summed E-state index contributed by atoms with van der Waals surface area (Å²) < 4.78 is 26.1. The molecule has 0 aromatic rings. The smallest absolute Gasteiger partial charge is 0.409 e. The molecule has 1 aliphatic heterocycles. The van der Waals surface area contributed by atoms with Gasteiger partial charge in [0, 0.05) is 24.8 Å². The Morgan fingerprint density at radius 1 is 0.800 bits per heavy atom. The van der Waals surface area contributed by atoms with Crippen LogP contribution in [-0.4, -0.2) is 93.9 Å². The van der Waals surface area contributed by atoms with E-state index in [1.54, 1.807) is 4.90 Å². The summed E-state index contributed by atoms with van der Waals surface area (Å²) >= 11 is 4.47. The Balaban J connectivity index is 1.83. The van der Waals surface area contributed by atoms with Crippen LogP contribution in [0.1, 0.15) is 39.0 Å². The van der Waals surface area contributed by atoms with Crippen LogP contribution in [0.5, 0.6) is 0 Å². The Kier molecular flexibility index (Phi) is 15.4. The van der Waals surface area contributed by atoms with Gasteiger partial charge in [0.15, 0.2) is 0 Å². The monoisotopic (exact) mass is 449 g/mol. The number of hydrogen-bond donors (Lipinski definition) is 1. The van der Waals surface area contributed by atoms with E-state index in [-0.39, 0.29) is 44.5 Å². The molecule has 1 fully saturated rings. The van der Waals surface area contributed by atoms with Crippen LogP contribution in [0, 0.1) is 0 Å². The van der Waals surface area contributed by atoms with E-state index in [1.807, 2.05) is 0 Å². The van der Waals surface area contributed by atoms with E-state index < -0.39 is 5.97 Å². The third kappa shape index (κ3) is 14.6.